The van der Waals surface area contributed by atoms with Crippen LogP contribution in [0.15, 0.2) is 47.8 Å². The maximum Gasteiger partial charge on any atom is 0.219 e. The molecule has 0 radical (unpaired) electrons. The van der Waals surface area contributed by atoms with Gasteiger partial charge in [-0.3, -0.25) is 0 Å². The molecular formula is C16H18N2O3. The van der Waals surface area contributed by atoms with E-state index >= 15 is 0 Å². The van der Waals surface area contributed by atoms with Gasteiger partial charge in [-0.1, -0.05) is 12.1 Å². The fourth-order valence-electron chi connectivity index (χ4n) is 1.95. The summed E-state index contributed by atoms with van der Waals surface area (Å²) in [5, 5.41) is 12.2. The van der Waals surface area contributed by atoms with E-state index in [4.69, 9.17) is 14.7 Å². The van der Waals surface area contributed by atoms with E-state index in [1.165, 1.54) is 0 Å². The highest BCUT2D eigenvalue weighted by Crippen LogP contribution is 2.19. The molecule has 2 aromatic rings. The minimum absolute atomic E-state index is 0.380. The lowest BCUT2D eigenvalue weighted by Crippen LogP contribution is -2.01. The molecule has 110 valence electrons. The molecule has 2 rings (SSSR count). The van der Waals surface area contributed by atoms with Crippen molar-refractivity contribution in [3.8, 4) is 11.6 Å². The van der Waals surface area contributed by atoms with Crippen LogP contribution in [0.25, 0.3) is 0 Å². The largest absolute Gasteiger partial charge is 0.489 e. The van der Waals surface area contributed by atoms with Gasteiger partial charge in [-0.05, 0) is 48.4 Å². The number of hydrogen-bond acceptors (Lipinski definition) is 5. The van der Waals surface area contributed by atoms with Gasteiger partial charge in [0.2, 0.25) is 5.88 Å². The van der Waals surface area contributed by atoms with Gasteiger partial charge in [0.25, 0.3) is 0 Å². The van der Waals surface area contributed by atoms with Crippen LogP contribution in [0.4, 0.5) is 0 Å². The second kappa shape index (κ2) is 7.28. The molecule has 21 heavy (non-hydrogen) atoms. The molecule has 0 bridgehead atoms. The molecule has 1 aromatic heterocycles. The zero-order valence-corrected chi connectivity index (χ0v) is 12.1. The van der Waals surface area contributed by atoms with Crippen molar-refractivity contribution in [1.29, 1.82) is 0 Å². The maximum atomic E-state index is 8.89. The Bertz CT molecular complexity index is 609. The lowest BCUT2D eigenvalue weighted by molar-refractivity contribution is 0.294. The van der Waals surface area contributed by atoms with Gasteiger partial charge in [-0.2, -0.15) is 0 Å². The first-order valence-corrected chi connectivity index (χ1v) is 6.70. The van der Waals surface area contributed by atoms with E-state index in [-0.39, 0.29) is 0 Å². The lowest BCUT2D eigenvalue weighted by atomic mass is 10.1. The predicted octanol–water partition coefficient (Wildman–Crippen LogP) is 3.26. The van der Waals surface area contributed by atoms with Crippen molar-refractivity contribution < 1.29 is 14.7 Å². The Balaban J connectivity index is 2.04. The van der Waals surface area contributed by atoms with E-state index in [2.05, 4.69) is 10.1 Å². The molecule has 0 aliphatic rings. The molecule has 1 aromatic carbocycles. The van der Waals surface area contributed by atoms with Crippen molar-refractivity contribution >= 4 is 5.71 Å². The molecule has 0 spiro atoms. The number of pyridine rings is 1. The van der Waals surface area contributed by atoms with Gasteiger partial charge in [0, 0.05) is 6.20 Å². The third kappa shape index (κ3) is 3.72. The molecule has 0 amide bonds. The highest BCUT2D eigenvalue weighted by Gasteiger charge is 2.05. The highest BCUT2D eigenvalue weighted by atomic mass is 16.5. The summed E-state index contributed by atoms with van der Waals surface area (Å²) in [5.41, 5.74) is 2.41. The summed E-state index contributed by atoms with van der Waals surface area (Å²) in [7, 11) is 1.58. The normalized spacial score (nSPS) is 11.2. The average Bonchev–Trinajstić information content (AvgIpc) is 2.55. The van der Waals surface area contributed by atoms with Gasteiger partial charge in [0.15, 0.2) is 0 Å². The lowest BCUT2D eigenvalue weighted by Gasteiger charge is -2.09. The molecule has 5 heteroatoms. The Morgan fingerprint density at radius 3 is 2.62 bits per heavy atom. The zero-order valence-electron chi connectivity index (χ0n) is 12.1. The Kier molecular flexibility index (Phi) is 5.15. The molecule has 0 aliphatic carbocycles. The summed E-state index contributed by atoms with van der Waals surface area (Å²) in [5.74, 6) is 1.30. The van der Waals surface area contributed by atoms with Gasteiger partial charge in [0.1, 0.15) is 12.4 Å². The van der Waals surface area contributed by atoms with Crippen LogP contribution in [0.5, 0.6) is 11.6 Å². The number of hydrogen-bond donors (Lipinski definition) is 1. The van der Waals surface area contributed by atoms with Gasteiger partial charge in [0.05, 0.1) is 18.4 Å². The van der Waals surface area contributed by atoms with Crippen molar-refractivity contribution in [2.45, 2.75) is 20.0 Å². The summed E-state index contributed by atoms with van der Waals surface area (Å²) in [6, 6.07) is 11.2. The Morgan fingerprint density at radius 2 is 2.00 bits per heavy atom. The van der Waals surface area contributed by atoms with Gasteiger partial charge in [-0.15, -0.1) is 0 Å². The van der Waals surface area contributed by atoms with Crippen LogP contribution in [0.1, 0.15) is 24.5 Å². The van der Waals surface area contributed by atoms with Crippen molar-refractivity contribution in [3.05, 3.63) is 53.7 Å². The Morgan fingerprint density at radius 1 is 1.24 bits per heavy atom. The predicted molar refractivity (Wildman–Crippen MR) is 80.2 cm³/mol. The molecule has 0 fully saturated rings. The number of nitrogens with zero attached hydrogens (tertiary/aromatic N) is 2. The standard InChI is InChI=1S/C16H18N2O3/c1-3-15(18-19)12-6-8-14(9-7-12)21-11-13-5-4-10-17-16(13)20-2/h4-10,19H,3,11H2,1-2H3/b18-15-. The van der Waals surface area contributed by atoms with Crippen molar-refractivity contribution in [3.63, 3.8) is 0 Å². The van der Waals surface area contributed by atoms with Crippen LogP contribution >= 0.6 is 0 Å². The Hall–Kier alpha value is -2.56. The van der Waals surface area contributed by atoms with Crippen LogP contribution in [0.3, 0.4) is 0 Å². The quantitative estimate of drug-likeness (QED) is 0.503. The zero-order chi connectivity index (χ0) is 15.1. The number of methoxy groups -OCH3 is 1. The van der Waals surface area contributed by atoms with Crippen LogP contribution in [-0.4, -0.2) is 23.0 Å². The first-order chi connectivity index (χ1) is 10.3. The molecule has 0 atom stereocenters. The summed E-state index contributed by atoms with van der Waals surface area (Å²) >= 11 is 0. The molecular weight excluding hydrogens is 268 g/mol. The van der Waals surface area contributed by atoms with Crippen LogP contribution in [0.2, 0.25) is 0 Å². The first kappa shape index (κ1) is 14.8. The minimum Gasteiger partial charge on any atom is -0.489 e. The summed E-state index contributed by atoms with van der Waals surface area (Å²) in [6.07, 6.45) is 2.35. The smallest absolute Gasteiger partial charge is 0.219 e. The molecule has 0 unspecified atom stereocenters. The highest BCUT2D eigenvalue weighted by molar-refractivity contribution is 6.00. The van der Waals surface area contributed by atoms with E-state index in [1.54, 1.807) is 13.3 Å². The Labute approximate surface area is 123 Å². The summed E-state index contributed by atoms with van der Waals surface area (Å²) in [6.45, 7) is 2.32. The molecule has 1 heterocycles. The van der Waals surface area contributed by atoms with Crippen LogP contribution in [-0.2, 0) is 6.61 Å². The molecule has 0 saturated carbocycles. The van der Waals surface area contributed by atoms with E-state index in [9.17, 15) is 0 Å². The third-order valence-corrected chi connectivity index (χ3v) is 3.08. The molecule has 0 aliphatic heterocycles. The van der Waals surface area contributed by atoms with Gasteiger partial charge in [-0.25, -0.2) is 4.98 Å². The van der Waals surface area contributed by atoms with Gasteiger partial charge < -0.3 is 14.7 Å². The topological polar surface area (TPSA) is 63.9 Å². The van der Waals surface area contributed by atoms with E-state index < -0.39 is 0 Å². The summed E-state index contributed by atoms with van der Waals surface area (Å²) < 4.78 is 10.9. The minimum atomic E-state index is 0.380. The van der Waals surface area contributed by atoms with Crippen molar-refractivity contribution in [1.82, 2.24) is 4.98 Å². The van der Waals surface area contributed by atoms with E-state index in [0.717, 1.165) is 16.9 Å². The van der Waals surface area contributed by atoms with Crippen LogP contribution in [0, 0.1) is 0 Å². The van der Waals surface area contributed by atoms with Gasteiger partial charge >= 0.3 is 0 Å². The maximum absolute atomic E-state index is 8.89. The number of ether oxygens (including phenoxy) is 2. The number of oxime groups is 1. The number of aromatic nitrogens is 1. The first-order valence-electron chi connectivity index (χ1n) is 6.70. The monoisotopic (exact) mass is 286 g/mol. The molecule has 1 N–H and O–H groups in total. The van der Waals surface area contributed by atoms with E-state index in [0.29, 0.717) is 24.6 Å². The molecule has 0 saturated heterocycles. The second-order valence-electron chi connectivity index (χ2n) is 4.39. The average molecular weight is 286 g/mol. The number of rotatable bonds is 6. The molecule has 5 nitrogen and oxygen atoms in total. The SMILES string of the molecule is CC/C(=N/O)c1ccc(OCc2cccnc2OC)cc1. The van der Waals surface area contributed by atoms with Crippen molar-refractivity contribution in [2.75, 3.05) is 7.11 Å². The van der Waals surface area contributed by atoms with Crippen molar-refractivity contribution in [2.24, 2.45) is 5.16 Å². The van der Waals surface area contributed by atoms with E-state index in [1.807, 2.05) is 43.3 Å². The second-order valence-corrected chi connectivity index (χ2v) is 4.39. The third-order valence-electron chi connectivity index (χ3n) is 3.08. The summed E-state index contributed by atoms with van der Waals surface area (Å²) in [4.78, 5) is 4.12. The van der Waals surface area contributed by atoms with Crippen LogP contribution < -0.4 is 9.47 Å². The number of benzene rings is 1. The fourth-order valence-corrected chi connectivity index (χ4v) is 1.95. The fraction of sp³-hybridized carbons (Fsp3) is 0.250.